The van der Waals surface area contributed by atoms with Crippen LogP contribution in [0.15, 0.2) is 78.9 Å². The number of nitro benzene ring substituents is 1. The molecule has 3 aromatic rings. The number of nitrogens with zero attached hydrogens (tertiary/aromatic N) is 2. The third kappa shape index (κ3) is 4.48. The maximum Gasteiger partial charge on any atom is 0.343 e. The van der Waals surface area contributed by atoms with E-state index in [4.69, 9.17) is 4.74 Å². The number of non-ortho nitro benzene ring substituents is 1. The minimum absolute atomic E-state index is 0.0978. The number of benzene rings is 3. The van der Waals surface area contributed by atoms with Crippen LogP contribution < -0.4 is 4.74 Å². The van der Waals surface area contributed by atoms with Crippen LogP contribution in [0.2, 0.25) is 0 Å². The van der Waals surface area contributed by atoms with Crippen LogP contribution in [0.1, 0.15) is 21.5 Å². The number of nitriles is 1. The Kier molecular flexibility index (Phi) is 5.58. The smallest absolute Gasteiger partial charge is 0.343 e. The molecule has 0 heterocycles. The number of esters is 1. The Morgan fingerprint density at radius 2 is 1.57 bits per heavy atom. The van der Waals surface area contributed by atoms with Crippen LogP contribution in [0.5, 0.6) is 5.75 Å². The van der Waals surface area contributed by atoms with E-state index < -0.39 is 10.9 Å². The van der Waals surface area contributed by atoms with E-state index in [0.717, 1.165) is 11.1 Å². The molecule has 3 rings (SSSR count). The van der Waals surface area contributed by atoms with E-state index >= 15 is 0 Å². The van der Waals surface area contributed by atoms with Gasteiger partial charge in [0.25, 0.3) is 5.69 Å². The number of carbonyl (C=O) groups is 1. The minimum atomic E-state index is -0.611. The molecule has 0 aliphatic heterocycles. The summed E-state index contributed by atoms with van der Waals surface area (Å²) in [7, 11) is 0. The van der Waals surface area contributed by atoms with Crippen molar-refractivity contribution in [3.05, 3.63) is 106 Å². The molecule has 0 saturated carbocycles. The molecule has 0 N–H and O–H groups in total. The number of hydrogen-bond acceptors (Lipinski definition) is 5. The van der Waals surface area contributed by atoms with Crippen molar-refractivity contribution in [3.8, 4) is 11.8 Å². The summed E-state index contributed by atoms with van der Waals surface area (Å²) in [4.78, 5) is 22.3. The van der Waals surface area contributed by atoms with Crippen molar-refractivity contribution in [1.29, 1.82) is 5.26 Å². The molecule has 0 fully saturated rings. The van der Waals surface area contributed by atoms with Crippen molar-refractivity contribution in [2.75, 3.05) is 0 Å². The zero-order chi connectivity index (χ0) is 19.9. The predicted molar refractivity (Wildman–Crippen MR) is 104 cm³/mol. The lowest BCUT2D eigenvalue weighted by Gasteiger charge is -2.05. The number of allylic oxidation sites excluding steroid dienone is 1. The van der Waals surface area contributed by atoms with Crippen LogP contribution in [-0.2, 0) is 0 Å². The average molecular weight is 370 g/mol. The van der Waals surface area contributed by atoms with E-state index in [1.807, 2.05) is 30.3 Å². The average Bonchev–Trinajstić information content (AvgIpc) is 2.74. The number of hydrogen-bond donors (Lipinski definition) is 0. The van der Waals surface area contributed by atoms with Gasteiger partial charge >= 0.3 is 5.97 Å². The number of rotatable bonds is 5. The zero-order valence-corrected chi connectivity index (χ0v) is 14.6. The molecule has 28 heavy (non-hydrogen) atoms. The Morgan fingerprint density at radius 1 is 0.929 bits per heavy atom. The van der Waals surface area contributed by atoms with Gasteiger partial charge in [0.1, 0.15) is 5.75 Å². The van der Waals surface area contributed by atoms with Crippen molar-refractivity contribution in [3.63, 3.8) is 0 Å². The fourth-order valence-corrected chi connectivity index (χ4v) is 2.48. The van der Waals surface area contributed by atoms with Crippen molar-refractivity contribution in [2.24, 2.45) is 0 Å². The molecule has 0 aromatic heterocycles. The lowest BCUT2D eigenvalue weighted by atomic mass is 10.0. The first-order valence-electron chi connectivity index (χ1n) is 8.31. The van der Waals surface area contributed by atoms with Gasteiger partial charge < -0.3 is 4.74 Å². The summed E-state index contributed by atoms with van der Waals surface area (Å²) in [6.07, 6.45) is 1.75. The van der Waals surface area contributed by atoms with Crippen LogP contribution >= 0.6 is 0 Å². The Morgan fingerprint density at radius 3 is 2.14 bits per heavy atom. The van der Waals surface area contributed by atoms with Gasteiger partial charge in [-0.25, -0.2) is 4.79 Å². The van der Waals surface area contributed by atoms with Crippen LogP contribution in [0.3, 0.4) is 0 Å². The molecule has 0 atom stereocenters. The Balaban J connectivity index is 1.72. The second kappa shape index (κ2) is 8.43. The molecule has 136 valence electrons. The van der Waals surface area contributed by atoms with Gasteiger partial charge in [0.2, 0.25) is 0 Å². The van der Waals surface area contributed by atoms with E-state index in [1.165, 1.54) is 24.3 Å². The first-order chi connectivity index (χ1) is 13.6. The second-order valence-corrected chi connectivity index (χ2v) is 5.80. The molecule has 0 saturated heterocycles. The number of ether oxygens (including phenoxy) is 1. The minimum Gasteiger partial charge on any atom is -0.423 e. The Hall–Kier alpha value is -4.24. The lowest BCUT2D eigenvalue weighted by molar-refractivity contribution is -0.384. The molecule has 0 radical (unpaired) electrons. The molecule has 0 unspecified atom stereocenters. The summed E-state index contributed by atoms with van der Waals surface area (Å²) in [6, 6.07) is 23.4. The highest BCUT2D eigenvalue weighted by Crippen LogP contribution is 2.20. The molecule has 3 aromatic carbocycles. The van der Waals surface area contributed by atoms with E-state index in [9.17, 15) is 20.2 Å². The topological polar surface area (TPSA) is 93.2 Å². The summed E-state index contributed by atoms with van der Waals surface area (Å²) < 4.78 is 5.28. The Labute approximate surface area is 161 Å². The zero-order valence-electron chi connectivity index (χ0n) is 14.6. The van der Waals surface area contributed by atoms with Gasteiger partial charge in [-0.05, 0) is 41.5 Å². The van der Waals surface area contributed by atoms with Crippen molar-refractivity contribution < 1.29 is 14.5 Å². The normalized spacial score (nSPS) is 10.8. The highest BCUT2D eigenvalue weighted by atomic mass is 16.6. The third-order valence-corrected chi connectivity index (χ3v) is 3.92. The largest absolute Gasteiger partial charge is 0.423 e. The van der Waals surface area contributed by atoms with E-state index in [0.29, 0.717) is 11.3 Å². The third-order valence-electron chi connectivity index (χ3n) is 3.92. The predicted octanol–water partition coefficient (Wildman–Crippen LogP) is 4.88. The molecule has 0 aliphatic carbocycles. The number of nitro groups is 1. The number of carbonyl (C=O) groups excluding carboxylic acids is 1. The van der Waals surface area contributed by atoms with Crippen molar-refractivity contribution in [2.45, 2.75) is 0 Å². The summed E-state index contributed by atoms with van der Waals surface area (Å²) >= 11 is 0. The van der Waals surface area contributed by atoms with Gasteiger partial charge in [0.15, 0.2) is 0 Å². The Bertz CT molecular complexity index is 1060. The molecule has 0 bridgehead atoms. The van der Waals surface area contributed by atoms with Crippen LogP contribution in [-0.4, -0.2) is 10.9 Å². The highest BCUT2D eigenvalue weighted by molar-refractivity contribution is 5.91. The molecular weight excluding hydrogens is 356 g/mol. The molecule has 6 heteroatoms. The monoisotopic (exact) mass is 370 g/mol. The molecular formula is C22H14N2O4. The van der Waals surface area contributed by atoms with Gasteiger partial charge in [0, 0.05) is 12.1 Å². The first kappa shape index (κ1) is 18.5. The summed E-state index contributed by atoms with van der Waals surface area (Å²) in [6.45, 7) is 0. The van der Waals surface area contributed by atoms with Gasteiger partial charge in [0.05, 0.1) is 22.1 Å². The van der Waals surface area contributed by atoms with Crippen molar-refractivity contribution >= 4 is 23.3 Å². The second-order valence-electron chi connectivity index (χ2n) is 5.80. The quantitative estimate of drug-likeness (QED) is 0.159. The molecule has 0 amide bonds. The van der Waals surface area contributed by atoms with E-state index in [2.05, 4.69) is 6.07 Å². The van der Waals surface area contributed by atoms with Crippen LogP contribution in [0.4, 0.5) is 5.69 Å². The van der Waals surface area contributed by atoms with Gasteiger partial charge in [-0.3, -0.25) is 10.1 Å². The molecule has 0 spiro atoms. The van der Waals surface area contributed by atoms with Crippen LogP contribution in [0.25, 0.3) is 11.6 Å². The summed E-state index contributed by atoms with van der Waals surface area (Å²) in [5.74, 6) is -0.279. The first-order valence-corrected chi connectivity index (χ1v) is 8.31. The fraction of sp³-hybridized carbons (Fsp3) is 0. The maximum atomic E-state index is 12.1. The van der Waals surface area contributed by atoms with Gasteiger partial charge in [-0.15, -0.1) is 0 Å². The van der Waals surface area contributed by atoms with Gasteiger partial charge in [-0.1, -0.05) is 42.5 Å². The summed E-state index contributed by atoms with van der Waals surface area (Å²) in [5.41, 5.74) is 2.25. The van der Waals surface area contributed by atoms with Crippen LogP contribution in [0, 0.1) is 21.4 Å². The van der Waals surface area contributed by atoms with Crippen molar-refractivity contribution in [1.82, 2.24) is 0 Å². The van der Waals surface area contributed by atoms with Gasteiger partial charge in [-0.2, -0.15) is 5.26 Å². The molecule has 0 aliphatic rings. The highest BCUT2D eigenvalue weighted by Gasteiger charge is 2.11. The standard InChI is InChI=1S/C22H14N2O4/c23-15-19(17-4-2-1-3-5-17)14-16-6-12-21(13-7-16)28-22(25)18-8-10-20(11-9-18)24(26)27/h1-14H/b19-14-. The lowest BCUT2D eigenvalue weighted by Crippen LogP contribution is -2.08. The fourth-order valence-electron chi connectivity index (χ4n) is 2.48. The maximum absolute atomic E-state index is 12.1. The van der Waals surface area contributed by atoms with E-state index in [1.54, 1.807) is 30.3 Å². The molecule has 6 nitrogen and oxygen atoms in total. The SMILES string of the molecule is N#C/C(=C/c1ccc(OC(=O)c2ccc([N+](=O)[O-])cc2)cc1)c1ccccc1. The van der Waals surface area contributed by atoms with E-state index in [-0.39, 0.29) is 11.3 Å². The summed E-state index contributed by atoms with van der Waals surface area (Å²) in [5, 5.41) is 20.0.